The molecule has 2 aromatic carbocycles. The van der Waals surface area contributed by atoms with E-state index in [0.717, 1.165) is 12.1 Å². The first-order chi connectivity index (χ1) is 9.75. The van der Waals surface area contributed by atoms with Gasteiger partial charge in [0.2, 0.25) is 0 Å². The minimum Gasteiger partial charge on any atom is -0.508 e. The van der Waals surface area contributed by atoms with Crippen LogP contribution in [0.2, 0.25) is 0 Å². The summed E-state index contributed by atoms with van der Waals surface area (Å²) in [4.78, 5) is 11.9. The van der Waals surface area contributed by atoms with Crippen LogP contribution < -0.4 is 5.32 Å². The topological polar surface area (TPSA) is 49.3 Å². The number of amides is 1. The third kappa shape index (κ3) is 3.98. The van der Waals surface area contributed by atoms with E-state index in [0.29, 0.717) is 0 Å². The largest absolute Gasteiger partial charge is 0.508 e. The van der Waals surface area contributed by atoms with Gasteiger partial charge in [0.15, 0.2) is 0 Å². The number of rotatable bonds is 2. The Morgan fingerprint density at radius 2 is 1.71 bits per heavy atom. The summed E-state index contributed by atoms with van der Waals surface area (Å²) >= 11 is 2.98. The fourth-order valence-electron chi connectivity index (χ4n) is 1.64. The average molecular weight is 360 g/mol. The molecule has 0 atom stereocenters. The Morgan fingerprint density at radius 1 is 1.10 bits per heavy atom. The van der Waals surface area contributed by atoms with Crippen LogP contribution in [-0.2, 0) is 6.18 Å². The number of anilines is 1. The third-order valence-electron chi connectivity index (χ3n) is 2.61. The Morgan fingerprint density at radius 3 is 2.29 bits per heavy atom. The lowest BCUT2D eigenvalue weighted by Crippen LogP contribution is -2.13. The molecule has 2 aromatic rings. The van der Waals surface area contributed by atoms with Crippen molar-refractivity contribution in [2.24, 2.45) is 0 Å². The molecule has 0 aliphatic carbocycles. The van der Waals surface area contributed by atoms with Crippen molar-refractivity contribution < 1.29 is 23.1 Å². The van der Waals surface area contributed by atoms with Crippen molar-refractivity contribution in [3.8, 4) is 5.75 Å². The second kappa shape index (κ2) is 5.77. The van der Waals surface area contributed by atoms with E-state index in [1.807, 2.05) is 0 Å². The summed E-state index contributed by atoms with van der Waals surface area (Å²) in [5, 5.41) is 11.5. The van der Waals surface area contributed by atoms with Crippen molar-refractivity contribution in [2.75, 3.05) is 5.32 Å². The number of aromatic hydroxyl groups is 1. The number of phenolic OH excluding ortho intramolecular Hbond substituents is 1. The summed E-state index contributed by atoms with van der Waals surface area (Å²) in [5.74, 6) is -0.574. The first kappa shape index (κ1) is 15.4. The molecule has 0 saturated heterocycles. The number of alkyl halides is 3. The van der Waals surface area contributed by atoms with E-state index in [1.165, 1.54) is 30.3 Å². The van der Waals surface area contributed by atoms with Crippen molar-refractivity contribution >= 4 is 27.5 Å². The van der Waals surface area contributed by atoms with Gasteiger partial charge in [0.1, 0.15) is 5.75 Å². The van der Waals surface area contributed by atoms with Gasteiger partial charge in [0.05, 0.1) is 5.56 Å². The highest BCUT2D eigenvalue weighted by molar-refractivity contribution is 9.10. The lowest BCUT2D eigenvalue weighted by Gasteiger charge is -2.11. The van der Waals surface area contributed by atoms with Gasteiger partial charge in [0.25, 0.3) is 5.91 Å². The molecule has 0 bridgehead atoms. The summed E-state index contributed by atoms with van der Waals surface area (Å²) in [6, 6.07) is 8.52. The maximum atomic E-state index is 12.7. The van der Waals surface area contributed by atoms with Gasteiger partial charge in [0, 0.05) is 15.7 Å². The number of phenols is 1. The molecule has 0 saturated carbocycles. The van der Waals surface area contributed by atoms with Crippen LogP contribution in [0, 0.1) is 0 Å². The van der Waals surface area contributed by atoms with Gasteiger partial charge >= 0.3 is 6.18 Å². The highest BCUT2D eigenvalue weighted by Gasteiger charge is 2.31. The minimum atomic E-state index is -4.50. The monoisotopic (exact) mass is 359 g/mol. The maximum absolute atomic E-state index is 12.7. The van der Waals surface area contributed by atoms with Crippen LogP contribution in [0.15, 0.2) is 46.9 Å². The number of carbonyl (C=O) groups excluding carboxylic acids is 1. The molecule has 0 fully saturated rings. The van der Waals surface area contributed by atoms with Gasteiger partial charge in [-0.1, -0.05) is 15.9 Å². The molecule has 0 heterocycles. The van der Waals surface area contributed by atoms with Crippen molar-refractivity contribution in [2.45, 2.75) is 6.18 Å². The van der Waals surface area contributed by atoms with Crippen LogP contribution in [0.1, 0.15) is 15.9 Å². The predicted molar refractivity (Wildman–Crippen MR) is 75.2 cm³/mol. The molecular weight excluding hydrogens is 351 g/mol. The van der Waals surface area contributed by atoms with Crippen molar-refractivity contribution in [3.05, 3.63) is 58.1 Å². The molecule has 2 rings (SSSR count). The summed E-state index contributed by atoms with van der Waals surface area (Å²) in [7, 11) is 0. The Bertz CT molecular complexity index is 669. The number of benzene rings is 2. The predicted octanol–water partition coefficient (Wildman–Crippen LogP) is 4.43. The van der Waals surface area contributed by atoms with Crippen molar-refractivity contribution in [1.29, 1.82) is 0 Å². The standard InChI is InChI=1S/C14H9BrF3NO2/c15-10-5-9(14(16,17)18)6-11(7-10)19-13(21)8-1-3-12(20)4-2-8/h1-7,20H,(H,19,21). The smallest absolute Gasteiger partial charge is 0.416 e. The molecule has 0 spiro atoms. The normalized spacial score (nSPS) is 11.2. The number of hydrogen-bond acceptors (Lipinski definition) is 2. The Balaban J connectivity index is 2.25. The first-order valence-corrected chi connectivity index (χ1v) is 6.53. The van der Waals surface area contributed by atoms with Gasteiger partial charge in [-0.3, -0.25) is 4.79 Å². The van der Waals surface area contributed by atoms with E-state index < -0.39 is 17.6 Å². The van der Waals surface area contributed by atoms with Gasteiger partial charge in [-0.25, -0.2) is 0 Å². The van der Waals surface area contributed by atoms with E-state index in [1.54, 1.807) is 0 Å². The fourth-order valence-corrected chi connectivity index (χ4v) is 2.13. The van der Waals surface area contributed by atoms with Gasteiger partial charge in [-0.2, -0.15) is 13.2 Å². The summed E-state index contributed by atoms with van der Waals surface area (Å²) in [6.07, 6.45) is -4.50. The molecule has 0 aliphatic rings. The summed E-state index contributed by atoms with van der Waals surface area (Å²) in [5.41, 5.74) is -0.617. The lowest BCUT2D eigenvalue weighted by molar-refractivity contribution is -0.137. The zero-order valence-corrected chi connectivity index (χ0v) is 12.0. The molecule has 7 heteroatoms. The van der Waals surface area contributed by atoms with Crippen LogP contribution in [0.3, 0.4) is 0 Å². The second-order valence-electron chi connectivity index (χ2n) is 4.23. The van der Waals surface area contributed by atoms with Crippen LogP contribution in [0.25, 0.3) is 0 Å². The fraction of sp³-hybridized carbons (Fsp3) is 0.0714. The molecular formula is C14H9BrF3NO2. The van der Waals surface area contributed by atoms with Gasteiger partial charge < -0.3 is 10.4 Å². The molecule has 1 amide bonds. The highest BCUT2D eigenvalue weighted by atomic mass is 79.9. The summed E-state index contributed by atoms with van der Waals surface area (Å²) in [6.45, 7) is 0. The maximum Gasteiger partial charge on any atom is 0.416 e. The molecule has 0 radical (unpaired) electrons. The second-order valence-corrected chi connectivity index (χ2v) is 5.14. The number of nitrogens with one attached hydrogen (secondary N) is 1. The van der Waals surface area contributed by atoms with Crippen LogP contribution in [0.5, 0.6) is 5.75 Å². The molecule has 0 aliphatic heterocycles. The van der Waals surface area contributed by atoms with E-state index in [2.05, 4.69) is 21.2 Å². The Hall–Kier alpha value is -2.02. The zero-order chi connectivity index (χ0) is 15.6. The number of halogens is 4. The SMILES string of the molecule is O=C(Nc1cc(Br)cc(C(F)(F)F)c1)c1ccc(O)cc1. The van der Waals surface area contributed by atoms with Crippen LogP contribution >= 0.6 is 15.9 Å². The number of hydrogen-bond donors (Lipinski definition) is 2. The molecule has 3 nitrogen and oxygen atoms in total. The van der Waals surface area contributed by atoms with E-state index in [9.17, 15) is 18.0 Å². The third-order valence-corrected chi connectivity index (χ3v) is 3.07. The minimum absolute atomic E-state index is 0.00615. The van der Waals surface area contributed by atoms with Crippen molar-refractivity contribution in [1.82, 2.24) is 0 Å². The zero-order valence-electron chi connectivity index (χ0n) is 10.4. The van der Waals surface area contributed by atoms with E-state index in [-0.39, 0.29) is 21.5 Å². The average Bonchev–Trinajstić information content (AvgIpc) is 2.37. The van der Waals surface area contributed by atoms with Crippen molar-refractivity contribution in [3.63, 3.8) is 0 Å². The molecule has 2 N–H and O–H groups in total. The Kier molecular flexibility index (Phi) is 4.22. The van der Waals surface area contributed by atoms with E-state index >= 15 is 0 Å². The number of carbonyl (C=O) groups is 1. The van der Waals surface area contributed by atoms with Crippen LogP contribution in [-0.4, -0.2) is 11.0 Å². The quantitative estimate of drug-likeness (QED) is 0.833. The van der Waals surface area contributed by atoms with E-state index in [4.69, 9.17) is 5.11 Å². The lowest BCUT2D eigenvalue weighted by atomic mass is 10.1. The first-order valence-electron chi connectivity index (χ1n) is 5.74. The van der Waals surface area contributed by atoms with Crippen LogP contribution in [0.4, 0.5) is 18.9 Å². The molecule has 0 aromatic heterocycles. The molecule has 0 unspecified atom stereocenters. The van der Waals surface area contributed by atoms with Gasteiger partial charge in [-0.15, -0.1) is 0 Å². The Labute approximate surface area is 126 Å². The molecule has 21 heavy (non-hydrogen) atoms. The summed E-state index contributed by atoms with van der Waals surface area (Å²) < 4.78 is 38.3. The van der Waals surface area contributed by atoms with Gasteiger partial charge in [-0.05, 0) is 42.5 Å². The highest BCUT2D eigenvalue weighted by Crippen LogP contribution is 2.33. The molecule has 110 valence electrons.